The smallest absolute Gasteiger partial charge is 0.255 e. The van der Waals surface area contributed by atoms with Crippen molar-refractivity contribution in [1.29, 1.82) is 5.26 Å². The molecule has 3 N–H and O–H groups in total. The zero-order valence-corrected chi connectivity index (χ0v) is 25.9. The number of carbonyl (C=O) groups excluding carboxylic acids is 1. The number of amides is 1. The Morgan fingerprint density at radius 1 is 1.02 bits per heavy atom. The first-order valence-electron chi connectivity index (χ1n) is 15.5. The minimum absolute atomic E-state index is 0.156. The zero-order valence-electron chi connectivity index (χ0n) is 25.9. The van der Waals surface area contributed by atoms with Crippen LogP contribution in [0.1, 0.15) is 53.4 Å². The molecule has 5 aromatic rings. The van der Waals surface area contributed by atoms with Crippen LogP contribution in [0, 0.1) is 24.2 Å². The largest absolute Gasteiger partial charge is 0.378 e. The molecule has 2 unspecified atom stereocenters. The highest BCUT2D eigenvalue weighted by Crippen LogP contribution is 2.32. The summed E-state index contributed by atoms with van der Waals surface area (Å²) in [6, 6.07) is 29.9. The number of benzene rings is 4. The van der Waals surface area contributed by atoms with Crippen molar-refractivity contribution >= 4 is 34.0 Å². The number of fused-ring (bicyclic) bond motifs is 1. The van der Waals surface area contributed by atoms with Crippen LogP contribution in [0.4, 0.5) is 17.1 Å². The van der Waals surface area contributed by atoms with Crippen LogP contribution in [0.15, 0.2) is 84.9 Å². The Morgan fingerprint density at radius 2 is 1.78 bits per heavy atom. The second-order valence-corrected chi connectivity index (χ2v) is 11.7. The predicted molar refractivity (Wildman–Crippen MR) is 181 cm³/mol. The van der Waals surface area contributed by atoms with Crippen molar-refractivity contribution in [2.45, 2.75) is 33.2 Å². The average Bonchev–Trinajstić information content (AvgIpc) is 3.52. The molecule has 1 aliphatic heterocycles. The van der Waals surface area contributed by atoms with Gasteiger partial charge in [0.1, 0.15) is 5.82 Å². The fraction of sp³-hybridized carbons (Fsp3) is 0.270. The number of anilines is 3. The number of H-pyrrole nitrogens is 1. The quantitative estimate of drug-likeness (QED) is 0.161. The minimum Gasteiger partial charge on any atom is -0.378 e. The Kier molecular flexibility index (Phi) is 8.81. The molecule has 1 aliphatic rings. The van der Waals surface area contributed by atoms with Gasteiger partial charge in [-0.15, -0.1) is 0 Å². The first-order valence-corrected chi connectivity index (χ1v) is 15.5. The molecule has 2 heterocycles. The standard InChI is InChI=1S/C37H38N6O2/c1-4-24(2)35(27-9-13-31(14-10-27)43-17-19-45-20-18-43)40-32-16-12-30(21-25(32)3)39-37(44)29-11-15-33-34(22-29)42-36(41-33)28-7-5-26(23-38)6-8-28/h5-16,21-22,24,35,40H,4,17-20H2,1-3H3,(H,39,44)(H,41,42). The summed E-state index contributed by atoms with van der Waals surface area (Å²) in [5.41, 5.74) is 8.88. The van der Waals surface area contributed by atoms with Gasteiger partial charge in [-0.3, -0.25) is 4.79 Å². The lowest BCUT2D eigenvalue weighted by Gasteiger charge is -2.30. The first-order chi connectivity index (χ1) is 21.9. The van der Waals surface area contributed by atoms with Gasteiger partial charge in [-0.05, 0) is 96.8 Å². The molecule has 6 rings (SSSR count). The normalized spacial score (nSPS) is 14.5. The van der Waals surface area contributed by atoms with E-state index >= 15 is 0 Å². The van der Waals surface area contributed by atoms with Gasteiger partial charge in [0, 0.05) is 41.3 Å². The monoisotopic (exact) mass is 598 g/mol. The van der Waals surface area contributed by atoms with Gasteiger partial charge >= 0.3 is 0 Å². The number of nitrogens with one attached hydrogen (secondary N) is 3. The van der Waals surface area contributed by atoms with Crippen LogP contribution in [0.5, 0.6) is 0 Å². The van der Waals surface area contributed by atoms with Crippen LogP contribution in [-0.2, 0) is 4.74 Å². The summed E-state index contributed by atoms with van der Waals surface area (Å²) in [6.45, 7) is 9.96. The number of morpholine rings is 1. The van der Waals surface area contributed by atoms with Gasteiger partial charge < -0.3 is 25.3 Å². The summed E-state index contributed by atoms with van der Waals surface area (Å²) in [5, 5.41) is 15.9. The topological polar surface area (TPSA) is 106 Å². The number of carbonyl (C=O) groups is 1. The van der Waals surface area contributed by atoms with Crippen molar-refractivity contribution in [2.75, 3.05) is 41.8 Å². The molecule has 8 heteroatoms. The van der Waals surface area contributed by atoms with Crippen LogP contribution in [0.3, 0.4) is 0 Å². The van der Waals surface area contributed by atoms with E-state index < -0.39 is 0 Å². The minimum atomic E-state index is -0.190. The third-order valence-electron chi connectivity index (χ3n) is 8.67. The molecule has 2 atom stereocenters. The number of nitriles is 1. The summed E-state index contributed by atoms with van der Waals surface area (Å²) in [7, 11) is 0. The molecular formula is C37H38N6O2. The molecule has 228 valence electrons. The maximum atomic E-state index is 13.2. The van der Waals surface area contributed by atoms with Gasteiger partial charge in [-0.25, -0.2) is 4.98 Å². The molecule has 1 amide bonds. The Morgan fingerprint density at radius 3 is 2.47 bits per heavy atom. The van der Waals surface area contributed by atoms with Crippen molar-refractivity contribution < 1.29 is 9.53 Å². The lowest BCUT2D eigenvalue weighted by Crippen LogP contribution is -2.36. The second kappa shape index (κ2) is 13.2. The Hall–Kier alpha value is -5.13. The van der Waals surface area contributed by atoms with E-state index in [-0.39, 0.29) is 11.9 Å². The summed E-state index contributed by atoms with van der Waals surface area (Å²) in [5.74, 6) is 0.923. The lowest BCUT2D eigenvalue weighted by atomic mass is 9.91. The summed E-state index contributed by atoms with van der Waals surface area (Å²) >= 11 is 0. The van der Waals surface area contributed by atoms with E-state index in [9.17, 15) is 4.79 Å². The van der Waals surface area contributed by atoms with E-state index in [1.807, 2.05) is 42.5 Å². The first kappa shape index (κ1) is 29.9. The van der Waals surface area contributed by atoms with Gasteiger partial charge in [0.25, 0.3) is 5.91 Å². The highest BCUT2D eigenvalue weighted by atomic mass is 16.5. The van der Waals surface area contributed by atoms with Gasteiger partial charge in [-0.2, -0.15) is 5.26 Å². The van der Waals surface area contributed by atoms with Crippen molar-refractivity contribution in [2.24, 2.45) is 5.92 Å². The molecule has 0 bridgehead atoms. The van der Waals surface area contributed by atoms with E-state index in [2.05, 4.69) is 76.6 Å². The molecule has 0 spiro atoms. The van der Waals surface area contributed by atoms with E-state index in [1.54, 1.807) is 18.2 Å². The number of rotatable bonds is 9. The van der Waals surface area contributed by atoms with Crippen molar-refractivity contribution in [3.05, 3.63) is 107 Å². The summed E-state index contributed by atoms with van der Waals surface area (Å²) < 4.78 is 5.51. The molecule has 8 nitrogen and oxygen atoms in total. The fourth-order valence-electron chi connectivity index (χ4n) is 5.77. The van der Waals surface area contributed by atoms with Crippen molar-refractivity contribution in [3.63, 3.8) is 0 Å². The van der Waals surface area contributed by atoms with Crippen LogP contribution >= 0.6 is 0 Å². The maximum Gasteiger partial charge on any atom is 0.255 e. The number of aromatic nitrogens is 2. The van der Waals surface area contributed by atoms with Gasteiger partial charge in [0.2, 0.25) is 0 Å². The number of aromatic amines is 1. The second-order valence-electron chi connectivity index (χ2n) is 11.7. The molecule has 0 radical (unpaired) electrons. The fourth-order valence-corrected chi connectivity index (χ4v) is 5.77. The Bertz CT molecular complexity index is 1830. The van der Waals surface area contributed by atoms with Crippen molar-refractivity contribution in [3.8, 4) is 17.5 Å². The predicted octanol–water partition coefficient (Wildman–Crippen LogP) is 7.70. The molecule has 1 aromatic heterocycles. The molecule has 1 saturated heterocycles. The van der Waals surface area contributed by atoms with Gasteiger partial charge in [0.15, 0.2) is 0 Å². The zero-order chi connectivity index (χ0) is 31.3. The summed E-state index contributed by atoms with van der Waals surface area (Å²) in [6.07, 6.45) is 1.05. The van der Waals surface area contributed by atoms with Crippen LogP contribution in [0.25, 0.3) is 22.4 Å². The summed E-state index contributed by atoms with van der Waals surface area (Å²) in [4.78, 5) is 23.6. The van der Waals surface area contributed by atoms with E-state index in [0.717, 1.165) is 66.3 Å². The number of hydrogen-bond donors (Lipinski definition) is 3. The van der Waals surface area contributed by atoms with Crippen LogP contribution in [-0.4, -0.2) is 42.2 Å². The highest BCUT2D eigenvalue weighted by molar-refractivity contribution is 6.06. The van der Waals surface area contributed by atoms with Crippen LogP contribution < -0.4 is 15.5 Å². The molecule has 1 fully saturated rings. The Balaban J connectivity index is 1.14. The number of ether oxygens (including phenoxy) is 1. The third-order valence-corrected chi connectivity index (χ3v) is 8.67. The van der Waals surface area contributed by atoms with E-state index in [1.165, 1.54) is 11.3 Å². The number of nitrogens with zero attached hydrogens (tertiary/aromatic N) is 3. The number of hydrogen-bond acceptors (Lipinski definition) is 6. The van der Waals surface area contributed by atoms with Crippen LogP contribution in [0.2, 0.25) is 0 Å². The Labute approximate surface area is 264 Å². The number of aryl methyl sites for hydroxylation is 1. The van der Waals surface area contributed by atoms with Crippen molar-refractivity contribution in [1.82, 2.24) is 9.97 Å². The maximum absolute atomic E-state index is 13.2. The van der Waals surface area contributed by atoms with Gasteiger partial charge in [0.05, 0.1) is 41.9 Å². The van der Waals surface area contributed by atoms with Gasteiger partial charge in [-0.1, -0.05) is 32.4 Å². The molecule has 4 aromatic carbocycles. The molecular weight excluding hydrogens is 560 g/mol. The molecule has 0 saturated carbocycles. The lowest BCUT2D eigenvalue weighted by molar-refractivity contribution is 0.102. The number of imidazole rings is 1. The third kappa shape index (κ3) is 6.69. The average molecular weight is 599 g/mol. The SMILES string of the molecule is CCC(C)C(Nc1ccc(NC(=O)c2ccc3nc(-c4ccc(C#N)cc4)[nH]c3c2)cc1C)c1ccc(N2CCOCC2)cc1. The van der Waals surface area contributed by atoms with E-state index in [0.29, 0.717) is 22.9 Å². The molecule has 0 aliphatic carbocycles. The molecule has 45 heavy (non-hydrogen) atoms. The highest BCUT2D eigenvalue weighted by Gasteiger charge is 2.20. The van der Waals surface area contributed by atoms with E-state index in [4.69, 9.17) is 10.00 Å².